The molecule has 10 heteroatoms. The summed E-state index contributed by atoms with van der Waals surface area (Å²) in [6, 6.07) is 6.43. The van der Waals surface area contributed by atoms with Gasteiger partial charge in [0.2, 0.25) is 5.91 Å². The minimum absolute atomic E-state index is 0.0346. The van der Waals surface area contributed by atoms with E-state index in [-0.39, 0.29) is 18.8 Å². The zero-order chi connectivity index (χ0) is 23.0. The average molecular weight is 480 g/mol. The Balaban J connectivity index is 1.26. The van der Waals surface area contributed by atoms with Crippen LogP contribution in [0.5, 0.6) is 0 Å². The molecule has 3 fully saturated rings. The largest absolute Gasteiger partial charge is 0.403 e. The Morgan fingerprint density at radius 2 is 1.79 bits per heavy atom. The fourth-order valence-electron chi connectivity index (χ4n) is 5.40. The lowest BCUT2D eigenvalue weighted by molar-refractivity contribution is -0.199. The first kappa shape index (κ1) is 21.4. The fraction of sp³-hybridized carbons (Fsp3) is 0.609. The van der Waals surface area contributed by atoms with E-state index in [2.05, 4.69) is 19.7 Å². The normalized spacial score (nSPS) is 23.1. The number of carbonyl (C=O) groups excluding carboxylic acids is 1. The molecule has 0 spiro atoms. The summed E-state index contributed by atoms with van der Waals surface area (Å²) in [6.45, 7) is 2.13. The Morgan fingerprint density at radius 1 is 1.06 bits per heavy atom. The van der Waals surface area contributed by atoms with E-state index in [0.717, 1.165) is 29.4 Å². The van der Waals surface area contributed by atoms with E-state index in [1.54, 1.807) is 0 Å². The molecule has 2 aliphatic carbocycles. The lowest BCUT2D eigenvalue weighted by Crippen LogP contribution is -2.47. The summed E-state index contributed by atoms with van der Waals surface area (Å²) in [4.78, 5) is 16.5. The molecule has 0 radical (unpaired) electrons. The first-order chi connectivity index (χ1) is 15.8. The monoisotopic (exact) mass is 479 g/mol. The van der Waals surface area contributed by atoms with Crippen molar-refractivity contribution in [2.75, 3.05) is 13.1 Å². The lowest BCUT2D eigenvalue weighted by Gasteiger charge is -2.34. The third-order valence-electron chi connectivity index (χ3n) is 7.67. The standard InChI is InChI=1S/C23H25ClF3N5O/c24-16-1-4-18-15(11-16)12-31(17-2-3-17)13-19-28-29-20(32(18)19)14-5-9-30(10-6-14)21(33)22(7-8-22)23(25,26)27/h1,4,11,14,17H,2-3,5-10,12-13H2. The molecule has 33 heavy (non-hydrogen) atoms. The van der Waals surface area contributed by atoms with Crippen molar-refractivity contribution in [1.29, 1.82) is 0 Å². The number of likely N-dealkylation sites (tertiary alicyclic amines) is 1. The highest BCUT2D eigenvalue weighted by atomic mass is 35.5. The Bertz CT molecular complexity index is 1100. The van der Waals surface area contributed by atoms with Gasteiger partial charge in [0.25, 0.3) is 0 Å². The second-order valence-electron chi connectivity index (χ2n) is 9.87. The van der Waals surface area contributed by atoms with Crippen LogP contribution < -0.4 is 0 Å². The number of halogens is 4. The predicted octanol–water partition coefficient (Wildman–Crippen LogP) is 4.45. The Labute approximate surface area is 194 Å². The second-order valence-corrected chi connectivity index (χ2v) is 10.3. The molecule has 6 nitrogen and oxygen atoms in total. The number of aromatic nitrogens is 3. The SMILES string of the molecule is O=C(N1CCC(c2nnc3n2-c2ccc(Cl)cc2CN(C2CC2)C3)CC1)C1(C(F)(F)F)CC1. The number of hydrogen-bond acceptors (Lipinski definition) is 4. The van der Waals surface area contributed by atoms with Crippen LogP contribution in [0.1, 0.15) is 61.7 Å². The molecule has 1 saturated heterocycles. The molecule has 1 amide bonds. The van der Waals surface area contributed by atoms with Crippen LogP contribution >= 0.6 is 11.6 Å². The maximum Gasteiger partial charge on any atom is 0.403 e. The van der Waals surface area contributed by atoms with Crippen LogP contribution in [-0.2, 0) is 17.9 Å². The molecule has 2 aliphatic heterocycles. The third-order valence-corrected chi connectivity index (χ3v) is 7.90. The Hall–Kier alpha value is -2.13. The van der Waals surface area contributed by atoms with Crippen molar-refractivity contribution in [3.63, 3.8) is 0 Å². The van der Waals surface area contributed by atoms with Crippen LogP contribution in [0.25, 0.3) is 5.69 Å². The van der Waals surface area contributed by atoms with Crippen LogP contribution in [0.15, 0.2) is 18.2 Å². The molecule has 0 unspecified atom stereocenters. The van der Waals surface area contributed by atoms with Crippen LogP contribution in [0.4, 0.5) is 13.2 Å². The molecule has 0 N–H and O–H groups in total. The molecule has 6 rings (SSSR count). The van der Waals surface area contributed by atoms with E-state index in [9.17, 15) is 18.0 Å². The van der Waals surface area contributed by atoms with Crippen molar-refractivity contribution in [3.8, 4) is 5.69 Å². The summed E-state index contributed by atoms with van der Waals surface area (Å²) in [6.07, 6.45) is -1.14. The van der Waals surface area contributed by atoms with Gasteiger partial charge in [-0.05, 0) is 62.3 Å². The lowest BCUT2D eigenvalue weighted by atomic mass is 9.93. The van der Waals surface area contributed by atoms with Gasteiger partial charge in [-0.3, -0.25) is 14.3 Å². The second kappa shape index (κ2) is 7.43. The molecular weight excluding hydrogens is 455 g/mol. The number of piperidine rings is 1. The molecule has 0 bridgehead atoms. The first-order valence-electron chi connectivity index (χ1n) is 11.6. The van der Waals surface area contributed by atoms with E-state index in [1.807, 2.05) is 18.2 Å². The maximum absolute atomic E-state index is 13.4. The van der Waals surface area contributed by atoms with Crippen molar-refractivity contribution < 1.29 is 18.0 Å². The molecule has 0 atom stereocenters. The van der Waals surface area contributed by atoms with Gasteiger partial charge in [-0.2, -0.15) is 13.2 Å². The average Bonchev–Trinajstić information content (AvgIpc) is 3.69. The van der Waals surface area contributed by atoms with Gasteiger partial charge in [0.1, 0.15) is 11.2 Å². The number of fused-ring (bicyclic) bond motifs is 3. The zero-order valence-corrected chi connectivity index (χ0v) is 18.9. The topological polar surface area (TPSA) is 54.3 Å². The molecular formula is C23H25ClF3N5O. The number of benzene rings is 1. The number of carbonyl (C=O) groups is 1. The smallest absolute Gasteiger partial charge is 0.342 e. The van der Waals surface area contributed by atoms with Gasteiger partial charge >= 0.3 is 6.18 Å². The number of hydrogen-bond donors (Lipinski definition) is 0. The zero-order valence-electron chi connectivity index (χ0n) is 18.1. The van der Waals surface area contributed by atoms with Gasteiger partial charge in [0.15, 0.2) is 5.82 Å². The van der Waals surface area contributed by atoms with Crippen molar-refractivity contribution in [1.82, 2.24) is 24.6 Å². The highest BCUT2D eigenvalue weighted by molar-refractivity contribution is 6.30. The number of alkyl halides is 3. The van der Waals surface area contributed by atoms with Gasteiger partial charge in [-0.1, -0.05) is 11.6 Å². The Morgan fingerprint density at radius 3 is 2.42 bits per heavy atom. The molecule has 176 valence electrons. The summed E-state index contributed by atoms with van der Waals surface area (Å²) >= 11 is 6.31. The summed E-state index contributed by atoms with van der Waals surface area (Å²) in [5.41, 5.74) is 0.00344. The fourth-order valence-corrected chi connectivity index (χ4v) is 5.59. The summed E-state index contributed by atoms with van der Waals surface area (Å²) in [7, 11) is 0. The van der Waals surface area contributed by atoms with E-state index in [1.165, 1.54) is 17.7 Å². The van der Waals surface area contributed by atoms with E-state index < -0.39 is 17.5 Å². The molecule has 3 heterocycles. The third kappa shape index (κ3) is 3.55. The van der Waals surface area contributed by atoms with Crippen LogP contribution in [-0.4, -0.2) is 55.8 Å². The molecule has 1 aromatic heterocycles. The maximum atomic E-state index is 13.4. The van der Waals surface area contributed by atoms with Crippen molar-refractivity contribution >= 4 is 17.5 Å². The summed E-state index contributed by atoms with van der Waals surface area (Å²) in [5.74, 6) is 0.988. The summed E-state index contributed by atoms with van der Waals surface area (Å²) < 4.78 is 42.3. The van der Waals surface area contributed by atoms with E-state index in [4.69, 9.17) is 11.6 Å². The number of amides is 1. The van der Waals surface area contributed by atoms with Gasteiger partial charge < -0.3 is 4.90 Å². The van der Waals surface area contributed by atoms with Crippen molar-refractivity contribution in [2.45, 2.75) is 69.8 Å². The molecule has 1 aromatic carbocycles. The van der Waals surface area contributed by atoms with Gasteiger partial charge in [-0.25, -0.2) is 0 Å². The van der Waals surface area contributed by atoms with Crippen molar-refractivity contribution in [2.24, 2.45) is 5.41 Å². The minimum Gasteiger partial charge on any atom is -0.342 e. The highest BCUT2D eigenvalue weighted by Gasteiger charge is 2.69. The highest BCUT2D eigenvalue weighted by Crippen LogP contribution is 2.58. The van der Waals surface area contributed by atoms with Crippen LogP contribution in [0.2, 0.25) is 5.02 Å². The number of rotatable bonds is 3. The van der Waals surface area contributed by atoms with Crippen molar-refractivity contribution in [3.05, 3.63) is 40.4 Å². The quantitative estimate of drug-likeness (QED) is 0.653. The number of nitrogens with zero attached hydrogens (tertiary/aromatic N) is 5. The van der Waals surface area contributed by atoms with E-state index in [0.29, 0.717) is 43.5 Å². The molecule has 2 aromatic rings. The van der Waals surface area contributed by atoms with Gasteiger partial charge in [-0.15, -0.1) is 10.2 Å². The summed E-state index contributed by atoms with van der Waals surface area (Å²) in [5, 5.41) is 9.75. The van der Waals surface area contributed by atoms with Crippen LogP contribution in [0.3, 0.4) is 0 Å². The predicted molar refractivity (Wildman–Crippen MR) is 115 cm³/mol. The van der Waals surface area contributed by atoms with Gasteiger partial charge in [0.05, 0.1) is 12.2 Å². The van der Waals surface area contributed by atoms with Crippen LogP contribution in [0, 0.1) is 5.41 Å². The Kier molecular flexibility index (Phi) is 4.82. The minimum atomic E-state index is -4.47. The van der Waals surface area contributed by atoms with E-state index >= 15 is 0 Å². The van der Waals surface area contributed by atoms with Gasteiger partial charge in [0, 0.05) is 36.6 Å². The molecule has 4 aliphatic rings. The first-order valence-corrected chi connectivity index (χ1v) is 12.0. The molecule has 2 saturated carbocycles.